The second-order valence-corrected chi connectivity index (χ2v) is 11.0. The predicted molar refractivity (Wildman–Crippen MR) is 131 cm³/mol. The number of unbranched alkanes of at least 4 members (excludes halogenated alkanes) is 3. The van der Waals surface area contributed by atoms with Crippen LogP contribution in [0.5, 0.6) is 0 Å². The van der Waals surface area contributed by atoms with Gasteiger partial charge in [0.1, 0.15) is 5.78 Å². The Bertz CT molecular complexity index is 924. The van der Waals surface area contributed by atoms with Crippen LogP contribution in [-0.4, -0.2) is 28.1 Å². The van der Waals surface area contributed by atoms with Crippen molar-refractivity contribution in [1.82, 2.24) is 0 Å². The molecule has 0 spiro atoms. The molecule has 1 unspecified atom stereocenters. The molecule has 1 aliphatic rings. The fourth-order valence-corrected chi connectivity index (χ4v) is 6.11. The molecular weight excluding hydrogens is 420 g/mol. The van der Waals surface area contributed by atoms with Gasteiger partial charge in [0.05, 0.1) is 6.10 Å². The maximum atomic E-state index is 13.1. The number of hydrogen-bond donors (Lipinski definition) is 2. The number of aliphatic hydroxyl groups excluding tert-OH is 1. The fraction of sp³-hybridized carbons (Fsp3) is 0.556. The van der Waals surface area contributed by atoms with Crippen molar-refractivity contribution in [3.05, 3.63) is 47.4 Å². The summed E-state index contributed by atoms with van der Waals surface area (Å²) < 4.78 is 1.24. The van der Waals surface area contributed by atoms with Crippen LogP contribution in [0.1, 0.15) is 64.2 Å². The topological polar surface area (TPSA) is 74.6 Å². The van der Waals surface area contributed by atoms with Crippen LogP contribution in [0.15, 0.2) is 42.5 Å². The number of carboxylic acids is 1. The van der Waals surface area contributed by atoms with Crippen LogP contribution >= 0.6 is 11.3 Å². The molecule has 4 nitrogen and oxygen atoms in total. The highest BCUT2D eigenvalue weighted by atomic mass is 32.1. The van der Waals surface area contributed by atoms with Gasteiger partial charge in [0.15, 0.2) is 0 Å². The highest BCUT2D eigenvalue weighted by molar-refractivity contribution is 7.19. The van der Waals surface area contributed by atoms with Gasteiger partial charge < -0.3 is 10.2 Å². The van der Waals surface area contributed by atoms with Crippen LogP contribution in [0.4, 0.5) is 0 Å². The molecule has 0 aliphatic heterocycles. The van der Waals surface area contributed by atoms with E-state index in [1.807, 2.05) is 32.1 Å². The van der Waals surface area contributed by atoms with E-state index in [1.165, 1.54) is 10.1 Å². The van der Waals surface area contributed by atoms with Crippen molar-refractivity contribution in [2.75, 3.05) is 0 Å². The number of carbonyl (C=O) groups is 2. The first-order valence-corrected chi connectivity index (χ1v) is 12.6. The van der Waals surface area contributed by atoms with Crippen LogP contribution in [0.3, 0.4) is 0 Å². The molecule has 2 N–H and O–H groups in total. The van der Waals surface area contributed by atoms with Gasteiger partial charge in [0, 0.05) is 33.8 Å². The zero-order valence-electron chi connectivity index (χ0n) is 19.4. The minimum Gasteiger partial charge on any atom is -0.481 e. The van der Waals surface area contributed by atoms with Crippen molar-refractivity contribution >= 4 is 33.2 Å². The van der Waals surface area contributed by atoms with E-state index in [1.54, 1.807) is 11.3 Å². The number of benzene rings is 1. The lowest BCUT2D eigenvalue weighted by Gasteiger charge is -2.24. The van der Waals surface area contributed by atoms with Gasteiger partial charge in [-0.25, -0.2) is 0 Å². The summed E-state index contributed by atoms with van der Waals surface area (Å²) in [5, 5.41) is 20.6. The Hall–Kier alpha value is -1.98. The summed E-state index contributed by atoms with van der Waals surface area (Å²) in [6.07, 6.45) is 8.53. The molecule has 0 saturated heterocycles. The Labute approximate surface area is 195 Å². The van der Waals surface area contributed by atoms with Gasteiger partial charge in [-0.05, 0) is 42.2 Å². The van der Waals surface area contributed by atoms with E-state index in [-0.39, 0.29) is 29.6 Å². The van der Waals surface area contributed by atoms with Gasteiger partial charge in [0.2, 0.25) is 0 Å². The number of aliphatic carboxylic acids is 1. The number of hydrogen-bond acceptors (Lipinski definition) is 4. The first-order chi connectivity index (χ1) is 15.2. The lowest BCUT2D eigenvalue weighted by atomic mass is 9.79. The van der Waals surface area contributed by atoms with Crippen molar-refractivity contribution in [3.8, 4) is 0 Å². The maximum absolute atomic E-state index is 13.1. The van der Waals surface area contributed by atoms with Gasteiger partial charge >= 0.3 is 5.97 Å². The Morgan fingerprint density at radius 1 is 1.19 bits per heavy atom. The van der Waals surface area contributed by atoms with E-state index in [2.05, 4.69) is 31.2 Å². The Balaban J connectivity index is 1.59. The average Bonchev–Trinajstić information content (AvgIpc) is 3.21. The van der Waals surface area contributed by atoms with Gasteiger partial charge in [-0.2, -0.15) is 0 Å². The van der Waals surface area contributed by atoms with E-state index in [4.69, 9.17) is 5.11 Å². The molecule has 5 heteroatoms. The van der Waals surface area contributed by atoms with E-state index in [0.29, 0.717) is 18.6 Å². The summed E-state index contributed by atoms with van der Waals surface area (Å²) >= 11 is 1.72. The summed E-state index contributed by atoms with van der Waals surface area (Å²) in [6, 6.07) is 10.4. The molecule has 2 aromatic rings. The molecule has 1 saturated carbocycles. The van der Waals surface area contributed by atoms with E-state index in [0.717, 1.165) is 30.6 Å². The van der Waals surface area contributed by atoms with Crippen molar-refractivity contribution < 1.29 is 19.8 Å². The minimum atomic E-state index is -0.744. The maximum Gasteiger partial charge on any atom is 0.303 e. The Morgan fingerprint density at radius 3 is 2.62 bits per heavy atom. The molecule has 0 amide bonds. The highest BCUT2D eigenvalue weighted by Crippen LogP contribution is 2.49. The highest BCUT2D eigenvalue weighted by Gasteiger charge is 2.51. The predicted octanol–water partition coefficient (Wildman–Crippen LogP) is 6.26. The number of allylic oxidation sites excluding steroid dienone is 1. The zero-order valence-corrected chi connectivity index (χ0v) is 20.2. The second-order valence-electron chi connectivity index (χ2n) is 9.81. The molecule has 1 aromatic carbocycles. The van der Waals surface area contributed by atoms with Crippen LogP contribution in [-0.2, 0) is 16.0 Å². The van der Waals surface area contributed by atoms with Crippen LogP contribution in [0, 0.1) is 23.2 Å². The number of Topliss-reactive ketones (excluding diaryl/α,β-unsaturated/α-hetero) is 1. The van der Waals surface area contributed by atoms with Gasteiger partial charge in [-0.3, -0.25) is 9.59 Å². The summed E-state index contributed by atoms with van der Waals surface area (Å²) in [5.41, 5.74) is -0.362. The Kier molecular flexibility index (Phi) is 8.29. The monoisotopic (exact) mass is 456 g/mol. The number of thiophene rings is 1. The smallest absolute Gasteiger partial charge is 0.303 e. The molecular formula is C27H36O4S. The Morgan fingerprint density at radius 2 is 1.91 bits per heavy atom. The van der Waals surface area contributed by atoms with Gasteiger partial charge in [-0.15, -0.1) is 11.3 Å². The van der Waals surface area contributed by atoms with E-state index in [9.17, 15) is 14.7 Å². The molecule has 1 aliphatic carbocycles. The number of fused-ring (bicyclic) bond motifs is 1. The molecule has 3 rings (SSSR count). The van der Waals surface area contributed by atoms with Gasteiger partial charge in [-0.1, -0.05) is 70.4 Å². The van der Waals surface area contributed by atoms with Crippen LogP contribution in [0.25, 0.3) is 10.1 Å². The standard InChI is InChI=1S/C27H36O4S/c1-18-22(15-14-20(28)17-21-16-19-10-8-9-12-24(19)32-21)23(26(31)27(18,2)3)11-6-4-5-7-13-25(29)30/h8-10,12,14-16,18,20,22-23,28H,4-7,11,13,17H2,1-3H3,(H,29,30)/b15-14+/t18-,20?,22-,23+/m0/s1. The minimum absolute atomic E-state index is 0.0211. The number of rotatable bonds is 11. The normalized spacial score (nSPS) is 23.9. The first kappa shape index (κ1) is 24.7. The number of carbonyl (C=O) groups excluding carboxylic acids is 1. The number of aliphatic hydroxyl groups is 1. The summed E-state index contributed by atoms with van der Waals surface area (Å²) in [4.78, 5) is 24.9. The summed E-state index contributed by atoms with van der Waals surface area (Å²) in [6.45, 7) is 6.24. The fourth-order valence-electron chi connectivity index (χ4n) is 4.99. The van der Waals surface area contributed by atoms with Crippen LogP contribution < -0.4 is 0 Å². The van der Waals surface area contributed by atoms with Crippen molar-refractivity contribution in [2.24, 2.45) is 23.2 Å². The molecule has 0 radical (unpaired) electrons. The van der Waals surface area contributed by atoms with E-state index < -0.39 is 12.1 Å². The van der Waals surface area contributed by atoms with Gasteiger partial charge in [0.25, 0.3) is 0 Å². The lowest BCUT2D eigenvalue weighted by Crippen LogP contribution is -2.25. The molecule has 174 valence electrons. The lowest BCUT2D eigenvalue weighted by molar-refractivity contribution is -0.137. The number of ketones is 1. The molecule has 0 bridgehead atoms. The largest absolute Gasteiger partial charge is 0.481 e. The molecule has 1 heterocycles. The summed E-state index contributed by atoms with van der Waals surface area (Å²) in [7, 11) is 0. The second kappa shape index (κ2) is 10.8. The zero-order chi connectivity index (χ0) is 23.3. The third-order valence-corrected chi connectivity index (χ3v) is 8.39. The third kappa shape index (κ3) is 5.87. The third-order valence-electron chi connectivity index (χ3n) is 7.25. The van der Waals surface area contributed by atoms with Crippen molar-refractivity contribution in [1.29, 1.82) is 0 Å². The van der Waals surface area contributed by atoms with Crippen molar-refractivity contribution in [2.45, 2.75) is 71.8 Å². The molecule has 32 heavy (non-hydrogen) atoms. The van der Waals surface area contributed by atoms with Crippen LogP contribution in [0.2, 0.25) is 0 Å². The molecule has 1 aromatic heterocycles. The van der Waals surface area contributed by atoms with E-state index >= 15 is 0 Å². The average molecular weight is 457 g/mol. The quantitative estimate of drug-likeness (QED) is 0.309. The summed E-state index contributed by atoms with van der Waals surface area (Å²) in [5.74, 6) is -0.0873. The first-order valence-electron chi connectivity index (χ1n) is 11.8. The van der Waals surface area contributed by atoms with Crippen molar-refractivity contribution in [3.63, 3.8) is 0 Å². The number of carboxylic acid groups (broad SMARTS) is 1. The SMILES string of the molecule is C[C@H]1[C@H](/C=C/C(O)Cc2cc3ccccc3s2)[C@@H](CCCCCCC(=O)O)C(=O)C1(C)C. The molecule has 4 atom stereocenters. The molecule has 1 fully saturated rings.